The minimum Gasteiger partial charge on any atom is -0.261 e. The summed E-state index contributed by atoms with van der Waals surface area (Å²) < 4.78 is 2.20. The molecular formula is C8H14N3S+. The molecule has 2 aliphatic heterocycles. The molecule has 0 bridgehead atoms. The molecule has 2 rings (SSSR count). The van der Waals surface area contributed by atoms with Crippen LogP contribution in [0, 0.1) is 0 Å². The Morgan fingerprint density at radius 3 is 3.25 bits per heavy atom. The summed E-state index contributed by atoms with van der Waals surface area (Å²) in [6.07, 6.45) is 5.94. The van der Waals surface area contributed by atoms with E-state index in [1.807, 2.05) is 18.8 Å². The molecule has 0 radical (unpaired) electrons. The van der Waals surface area contributed by atoms with Crippen molar-refractivity contribution in [2.75, 3.05) is 7.05 Å². The standard InChI is InChI=1S/C8H14N3S/c1-8-5-3-4-6-11(8)10-7(9-2)12-8/h6H,3-5H2,1-2H3,(H,9,10)/q+1. The average molecular weight is 184 g/mol. The molecule has 0 saturated carbocycles. The minimum atomic E-state index is 0.215. The SMILES string of the molecule is CN=C1N[N+]2=CCCCC2(C)S1. The number of hydrazone groups is 1. The molecule has 4 heteroatoms. The predicted molar refractivity (Wildman–Crippen MR) is 52.7 cm³/mol. The van der Waals surface area contributed by atoms with E-state index in [-0.39, 0.29) is 4.87 Å². The molecule has 1 unspecified atom stereocenters. The van der Waals surface area contributed by atoms with Crippen LogP contribution in [0.25, 0.3) is 0 Å². The second kappa shape index (κ2) is 2.76. The van der Waals surface area contributed by atoms with Crippen LogP contribution in [0.15, 0.2) is 4.99 Å². The van der Waals surface area contributed by atoms with Crippen molar-refractivity contribution in [1.82, 2.24) is 5.43 Å². The summed E-state index contributed by atoms with van der Waals surface area (Å²) in [6, 6.07) is 0. The first kappa shape index (κ1) is 8.10. The van der Waals surface area contributed by atoms with E-state index in [4.69, 9.17) is 0 Å². The van der Waals surface area contributed by atoms with Gasteiger partial charge < -0.3 is 0 Å². The first-order chi connectivity index (χ1) is 5.74. The third-order valence-corrected chi connectivity index (χ3v) is 3.71. The van der Waals surface area contributed by atoms with Gasteiger partial charge in [-0.25, -0.2) is 0 Å². The summed E-state index contributed by atoms with van der Waals surface area (Å²) in [7, 11) is 1.83. The third-order valence-electron chi connectivity index (χ3n) is 2.40. The number of aliphatic imine (C=N–C) groups is 1. The minimum absolute atomic E-state index is 0.215. The van der Waals surface area contributed by atoms with Crippen LogP contribution in [0.3, 0.4) is 0 Å². The lowest BCUT2D eigenvalue weighted by molar-refractivity contribution is -0.611. The summed E-state index contributed by atoms with van der Waals surface area (Å²) in [5, 5.41) is 1.04. The Balaban J connectivity index is 2.29. The maximum atomic E-state index is 4.16. The van der Waals surface area contributed by atoms with Gasteiger partial charge in [-0.05, 0) is 18.2 Å². The number of hydrogen-bond acceptors (Lipinski definition) is 2. The number of hydrogen-bond donors (Lipinski definition) is 1. The first-order valence-electron chi connectivity index (χ1n) is 4.30. The van der Waals surface area contributed by atoms with Gasteiger partial charge in [0.2, 0.25) is 10.0 Å². The van der Waals surface area contributed by atoms with Crippen molar-refractivity contribution in [3.05, 3.63) is 0 Å². The fourth-order valence-corrected chi connectivity index (χ4v) is 2.77. The summed E-state index contributed by atoms with van der Waals surface area (Å²) in [5.41, 5.74) is 3.27. The van der Waals surface area contributed by atoms with Crippen molar-refractivity contribution < 1.29 is 4.68 Å². The number of hydrazine groups is 1. The zero-order valence-electron chi connectivity index (χ0n) is 7.50. The van der Waals surface area contributed by atoms with Crippen LogP contribution in [0.5, 0.6) is 0 Å². The molecule has 1 N–H and O–H groups in total. The Kier molecular flexibility index (Phi) is 1.87. The van der Waals surface area contributed by atoms with Gasteiger partial charge in [-0.2, -0.15) is 0 Å². The monoisotopic (exact) mass is 184 g/mol. The van der Waals surface area contributed by atoms with Gasteiger partial charge in [0, 0.05) is 26.8 Å². The van der Waals surface area contributed by atoms with Crippen molar-refractivity contribution in [3.63, 3.8) is 0 Å². The van der Waals surface area contributed by atoms with E-state index in [9.17, 15) is 0 Å². The van der Waals surface area contributed by atoms with Crippen LogP contribution >= 0.6 is 11.8 Å². The Morgan fingerprint density at radius 1 is 1.75 bits per heavy atom. The lowest BCUT2D eigenvalue weighted by Crippen LogP contribution is -2.40. The van der Waals surface area contributed by atoms with Gasteiger partial charge in [-0.3, -0.25) is 4.99 Å². The molecule has 2 aliphatic rings. The molecule has 0 aromatic carbocycles. The predicted octanol–water partition coefficient (Wildman–Crippen LogP) is 1.21. The van der Waals surface area contributed by atoms with Crippen molar-refractivity contribution in [1.29, 1.82) is 0 Å². The molecule has 3 nitrogen and oxygen atoms in total. The molecule has 12 heavy (non-hydrogen) atoms. The fourth-order valence-electron chi connectivity index (χ4n) is 1.66. The summed E-state index contributed by atoms with van der Waals surface area (Å²) in [4.78, 5) is 4.38. The van der Waals surface area contributed by atoms with Crippen LogP contribution in [0.2, 0.25) is 0 Å². The van der Waals surface area contributed by atoms with Crippen LogP contribution in [0.4, 0.5) is 0 Å². The Labute approximate surface area is 76.9 Å². The molecule has 66 valence electrons. The van der Waals surface area contributed by atoms with E-state index in [0.29, 0.717) is 0 Å². The lowest BCUT2D eigenvalue weighted by atomic mass is 10.1. The van der Waals surface area contributed by atoms with E-state index in [2.05, 4.69) is 28.2 Å². The first-order valence-corrected chi connectivity index (χ1v) is 5.11. The molecule has 1 atom stereocenters. The fraction of sp³-hybridized carbons (Fsp3) is 0.750. The zero-order chi connectivity index (χ0) is 8.60. The summed E-state index contributed by atoms with van der Waals surface area (Å²) in [5.74, 6) is 0. The van der Waals surface area contributed by atoms with E-state index < -0.39 is 0 Å². The molecule has 0 amide bonds. The highest BCUT2D eigenvalue weighted by atomic mass is 32.2. The molecule has 0 aromatic rings. The van der Waals surface area contributed by atoms with Gasteiger partial charge in [-0.15, -0.1) is 10.1 Å². The molecule has 1 saturated heterocycles. The highest BCUT2D eigenvalue weighted by Gasteiger charge is 2.47. The Bertz CT molecular complexity index is 259. The largest absolute Gasteiger partial charge is 0.261 e. The maximum absolute atomic E-state index is 4.16. The second-order valence-electron chi connectivity index (χ2n) is 3.36. The van der Waals surface area contributed by atoms with Crippen molar-refractivity contribution in [3.8, 4) is 0 Å². The van der Waals surface area contributed by atoms with Crippen molar-refractivity contribution >= 4 is 23.1 Å². The van der Waals surface area contributed by atoms with Crippen molar-refractivity contribution in [2.45, 2.75) is 31.1 Å². The van der Waals surface area contributed by atoms with Gasteiger partial charge >= 0.3 is 0 Å². The second-order valence-corrected chi connectivity index (χ2v) is 4.83. The number of rotatable bonds is 0. The third kappa shape index (κ3) is 1.14. The number of thioether (sulfide) groups is 1. The highest BCUT2D eigenvalue weighted by molar-refractivity contribution is 8.15. The number of nitrogens with one attached hydrogen (secondary N) is 1. The molecular weight excluding hydrogens is 170 g/mol. The molecule has 0 aromatic heterocycles. The van der Waals surface area contributed by atoms with Gasteiger partial charge in [0.1, 0.15) is 0 Å². The quantitative estimate of drug-likeness (QED) is 0.573. The number of nitrogens with zero attached hydrogens (tertiary/aromatic N) is 2. The van der Waals surface area contributed by atoms with Crippen LogP contribution < -0.4 is 5.43 Å². The molecule has 2 heterocycles. The Hall–Kier alpha value is -0.510. The van der Waals surface area contributed by atoms with Gasteiger partial charge in [0.25, 0.3) is 0 Å². The zero-order valence-corrected chi connectivity index (χ0v) is 8.32. The van der Waals surface area contributed by atoms with Crippen LogP contribution in [-0.2, 0) is 0 Å². The van der Waals surface area contributed by atoms with Gasteiger partial charge in [0.15, 0.2) is 6.21 Å². The maximum Gasteiger partial charge on any atom is 0.241 e. The van der Waals surface area contributed by atoms with Crippen LogP contribution in [0.1, 0.15) is 26.2 Å². The van der Waals surface area contributed by atoms with E-state index in [0.717, 1.165) is 5.17 Å². The number of amidine groups is 1. The highest BCUT2D eigenvalue weighted by Crippen LogP contribution is 2.37. The number of fused-ring (bicyclic) bond motifs is 1. The smallest absolute Gasteiger partial charge is 0.241 e. The van der Waals surface area contributed by atoms with E-state index in [1.165, 1.54) is 19.3 Å². The lowest BCUT2D eigenvalue weighted by Gasteiger charge is -2.18. The van der Waals surface area contributed by atoms with Crippen molar-refractivity contribution in [2.24, 2.45) is 4.99 Å². The van der Waals surface area contributed by atoms with Gasteiger partial charge in [-0.1, -0.05) is 0 Å². The van der Waals surface area contributed by atoms with Crippen LogP contribution in [-0.4, -0.2) is 28.0 Å². The van der Waals surface area contributed by atoms with E-state index >= 15 is 0 Å². The normalized spacial score (nSPS) is 37.5. The molecule has 0 aliphatic carbocycles. The molecule has 0 spiro atoms. The molecule has 1 fully saturated rings. The summed E-state index contributed by atoms with van der Waals surface area (Å²) >= 11 is 1.83. The van der Waals surface area contributed by atoms with E-state index in [1.54, 1.807) is 0 Å². The Morgan fingerprint density at radius 2 is 2.58 bits per heavy atom. The summed E-state index contributed by atoms with van der Waals surface area (Å²) in [6.45, 7) is 2.26. The van der Waals surface area contributed by atoms with Gasteiger partial charge in [0.05, 0.1) is 0 Å². The average Bonchev–Trinajstić information content (AvgIpc) is 2.41. The topological polar surface area (TPSA) is 27.4 Å².